The number of benzene rings is 10. The smallest absolute Gasteiger partial charge is 0.0720 e. The summed E-state index contributed by atoms with van der Waals surface area (Å²) in [5.74, 6) is 0. The topological polar surface area (TPSA) is 4.93 Å². The predicted molar refractivity (Wildman–Crippen MR) is 244 cm³/mol. The molecule has 11 aromatic rings. The summed E-state index contributed by atoms with van der Waals surface area (Å²) < 4.78 is 2.58. The van der Waals surface area contributed by atoms with Crippen molar-refractivity contribution in [1.29, 1.82) is 0 Å². The molecule has 0 saturated heterocycles. The zero-order chi connectivity index (χ0) is 38.5. The summed E-state index contributed by atoms with van der Waals surface area (Å²) >= 11 is 0. The third-order valence-corrected chi connectivity index (χ3v) is 14.2. The molecule has 1 heterocycles. The van der Waals surface area contributed by atoms with Crippen molar-refractivity contribution in [3.63, 3.8) is 0 Å². The fourth-order valence-electron chi connectivity index (χ4n) is 12.2. The number of fused-ring (bicyclic) bond motifs is 22. The molecule has 0 saturated carbocycles. The van der Waals surface area contributed by atoms with Gasteiger partial charge in [0, 0.05) is 21.5 Å². The molecule has 2 spiro atoms. The largest absolute Gasteiger partial charge is 0.308 e. The van der Waals surface area contributed by atoms with Gasteiger partial charge in [0.25, 0.3) is 0 Å². The minimum atomic E-state index is -0.562. The van der Waals surface area contributed by atoms with Gasteiger partial charge in [-0.2, -0.15) is 0 Å². The average Bonchev–Trinajstić information content (AvgIpc) is 3.90. The molecular formula is C58H35N. The van der Waals surface area contributed by atoms with Crippen LogP contribution in [-0.4, -0.2) is 4.57 Å². The van der Waals surface area contributed by atoms with E-state index in [-0.39, 0.29) is 0 Å². The molecule has 59 heavy (non-hydrogen) atoms. The molecule has 14 rings (SSSR count). The van der Waals surface area contributed by atoms with Gasteiger partial charge in [0.15, 0.2) is 0 Å². The number of nitrogens with zero attached hydrogens (tertiary/aromatic N) is 1. The van der Waals surface area contributed by atoms with Crippen LogP contribution in [-0.2, 0) is 10.8 Å². The summed E-state index contributed by atoms with van der Waals surface area (Å²) in [5.41, 5.74) is 18.8. The van der Waals surface area contributed by atoms with Gasteiger partial charge in [-0.25, -0.2) is 0 Å². The van der Waals surface area contributed by atoms with Gasteiger partial charge >= 0.3 is 0 Å². The molecule has 0 unspecified atom stereocenters. The van der Waals surface area contributed by atoms with Gasteiger partial charge in [-0.15, -0.1) is 0 Å². The van der Waals surface area contributed by atoms with Crippen molar-refractivity contribution in [3.05, 3.63) is 257 Å². The minimum Gasteiger partial charge on any atom is -0.308 e. The van der Waals surface area contributed by atoms with Crippen LogP contribution in [0.5, 0.6) is 0 Å². The summed E-state index contributed by atoms with van der Waals surface area (Å²) in [5, 5.41) is 7.54. The van der Waals surface area contributed by atoms with E-state index >= 15 is 0 Å². The van der Waals surface area contributed by atoms with E-state index in [1.165, 1.54) is 116 Å². The summed E-state index contributed by atoms with van der Waals surface area (Å²) in [6.45, 7) is 0. The maximum Gasteiger partial charge on any atom is 0.0720 e. The Morgan fingerprint density at radius 1 is 0.271 bits per heavy atom. The molecule has 0 atom stereocenters. The fraction of sp³-hybridized carbons (Fsp3) is 0.0345. The molecular weight excluding hydrogens is 711 g/mol. The maximum absolute atomic E-state index is 2.59. The lowest BCUT2D eigenvalue weighted by molar-refractivity contribution is 0.633. The summed E-state index contributed by atoms with van der Waals surface area (Å²) in [4.78, 5) is 0. The van der Waals surface area contributed by atoms with Crippen LogP contribution < -0.4 is 0 Å². The van der Waals surface area contributed by atoms with Crippen LogP contribution in [0, 0.1) is 0 Å². The third kappa shape index (κ3) is 3.65. The summed E-state index contributed by atoms with van der Waals surface area (Å²) in [6, 6.07) is 80.6. The fourth-order valence-corrected chi connectivity index (χ4v) is 12.2. The Labute approximate surface area is 342 Å². The normalized spacial score (nSPS) is 14.7. The monoisotopic (exact) mass is 745 g/mol. The quantitative estimate of drug-likeness (QED) is 0.158. The number of hydrogen-bond acceptors (Lipinski definition) is 0. The van der Waals surface area contributed by atoms with Crippen molar-refractivity contribution in [2.45, 2.75) is 10.8 Å². The van der Waals surface area contributed by atoms with Gasteiger partial charge in [0.1, 0.15) is 0 Å². The van der Waals surface area contributed by atoms with Crippen LogP contribution in [0.4, 0.5) is 0 Å². The highest BCUT2D eigenvalue weighted by Crippen LogP contribution is 2.67. The Morgan fingerprint density at radius 3 is 1.31 bits per heavy atom. The van der Waals surface area contributed by atoms with Crippen molar-refractivity contribution >= 4 is 43.4 Å². The van der Waals surface area contributed by atoms with Gasteiger partial charge in [-0.05, 0) is 95.7 Å². The van der Waals surface area contributed by atoms with E-state index < -0.39 is 10.8 Å². The highest BCUT2D eigenvalue weighted by atomic mass is 15.0. The Kier molecular flexibility index (Phi) is 5.96. The first-order valence-corrected chi connectivity index (χ1v) is 20.8. The lowest BCUT2D eigenvalue weighted by Crippen LogP contribution is -2.43. The van der Waals surface area contributed by atoms with E-state index in [2.05, 4.69) is 217 Å². The van der Waals surface area contributed by atoms with Crippen molar-refractivity contribution in [2.75, 3.05) is 0 Å². The van der Waals surface area contributed by atoms with E-state index in [9.17, 15) is 0 Å². The van der Waals surface area contributed by atoms with E-state index in [0.29, 0.717) is 0 Å². The molecule has 0 bridgehead atoms. The van der Waals surface area contributed by atoms with E-state index in [0.717, 1.165) is 0 Å². The molecule has 0 radical (unpaired) electrons. The molecule has 0 amide bonds. The second-order valence-corrected chi connectivity index (χ2v) is 16.7. The maximum atomic E-state index is 2.59. The Morgan fingerprint density at radius 2 is 0.712 bits per heavy atom. The summed E-state index contributed by atoms with van der Waals surface area (Å²) in [7, 11) is 0. The summed E-state index contributed by atoms with van der Waals surface area (Å²) in [6.07, 6.45) is 0. The molecule has 0 fully saturated rings. The van der Waals surface area contributed by atoms with Crippen LogP contribution in [0.25, 0.3) is 71.3 Å². The molecule has 3 aliphatic carbocycles. The lowest BCUT2D eigenvalue weighted by Gasteiger charge is -2.48. The van der Waals surface area contributed by atoms with Crippen molar-refractivity contribution < 1.29 is 0 Å². The predicted octanol–water partition coefficient (Wildman–Crippen LogP) is 14.1. The average molecular weight is 746 g/mol. The molecule has 10 aromatic carbocycles. The lowest BCUT2D eigenvalue weighted by atomic mass is 9.52. The Bertz CT molecular complexity index is 3540. The molecule has 1 aromatic heterocycles. The van der Waals surface area contributed by atoms with Crippen LogP contribution in [0.3, 0.4) is 0 Å². The van der Waals surface area contributed by atoms with Gasteiger partial charge in [-0.3, -0.25) is 0 Å². The second kappa shape index (κ2) is 11.1. The van der Waals surface area contributed by atoms with E-state index in [4.69, 9.17) is 0 Å². The Hall–Kier alpha value is -7.48. The number of rotatable bonds is 1. The zero-order valence-electron chi connectivity index (χ0n) is 32.2. The highest BCUT2D eigenvalue weighted by molar-refractivity contribution is 6.20. The van der Waals surface area contributed by atoms with Crippen LogP contribution in [0.15, 0.2) is 212 Å². The van der Waals surface area contributed by atoms with Crippen LogP contribution >= 0.6 is 0 Å². The molecule has 0 N–H and O–H groups in total. The zero-order valence-corrected chi connectivity index (χ0v) is 32.2. The van der Waals surface area contributed by atoms with Crippen LogP contribution in [0.1, 0.15) is 44.5 Å². The number of aromatic nitrogens is 1. The second-order valence-electron chi connectivity index (χ2n) is 16.7. The van der Waals surface area contributed by atoms with E-state index in [1.807, 2.05) is 0 Å². The van der Waals surface area contributed by atoms with Crippen molar-refractivity contribution in [1.82, 2.24) is 4.57 Å². The number of hydrogen-bond donors (Lipinski definition) is 0. The third-order valence-electron chi connectivity index (χ3n) is 14.2. The minimum absolute atomic E-state index is 0.468. The van der Waals surface area contributed by atoms with Gasteiger partial charge in [0.2, 0.25) is 0 Å². The molecule has 1 nitrogen and oxygen atoms in total. The van der Waals surface area contributed by atoms with Crippen molar-refractivity contribution in [3.8, 4) is 27.9 Å². The standard InChI is InChI=1S/C58H35N/c1-3-19-38-36(16-1)18-15-31-54(38)59-55-35-53-44(34-45(55)43-33-32-37-17-2-4-20-39(37)56(43)59)42-23-7-10-26-48(42)58(53)51-29-13-11-27-49(51)57(50-28-12-14-30-52(50)58)46-24-8-5-21-40(46)41-22-6-9-25-47(41)57/h1-35H. The van der Waals surface area contributed by atoms with E-state index in [1.54, 1.807) is 0 Å². The molecule has 272 valence electrons. The van der Waals surface area contributed by atoms with Crippen molar-refractivity contribution in [2.24, 2.45) is 0 Å². The molecule has 0 aliphatic heterocycles. The molecule has 1 heteroatoms. The van der Waals surface area contributed by atoms with Gasteiger partial charge in [-0.1, -0.05) is 194 Å². The first-order valence-electron chi connectivity index (χ1n) is 20.8. The highest BCUT2D eigenvalue weighted by Gasteiger charge is 2.59. The van der Waals surface area contributed by atoms with Gasteiger partial charge < -0.3 is 4.57 Å². The Balaban J connectivity index is 1.18. The first-order chi connectivity index (χ1) is 29.3. The van der Waals surface area contributed by atoms with Gasteiger partial charge in [0.05, 0.1) is 27.6 Å². The SMILES string of the molecule is c1ccc2c(c1)-c1ccccc1C21c2ccccc2C2(c3ccccc3-c3cc4c5ccc6ccccc6c5n(-c5cccc6ccccc56)c4cc32)c2ccccc21. The van der Waals surface area contributed by atoms with Crippen LogP contribution in [0.2, 0.25) is 0 Å². The first kappa shape index (κ1) is 31.6. The molecule has 3 aliphatic rings.